The maximum atomic E-state index is 5.69. The smallest absolute Gasteiger partial charge is 0.223 e. The fourth-order valence-electron chi connectivity index (χ4n) is 1.60. The molecule has 0 spiro atoms. The summed E-state index contributed by atoms with van der Waals surface area (Å²) in [6.07, 6.45) is 0.821. The predicted molar refractivity (Wildman–Crippen MR) is 78.0 cm³/mol. The van der Waals surface area contributed by atoms with Crippen LogP contribution in [-0.4, -0.2) is 16.7 Å². The summed E-state index contributed by atoms with van der Waals surface area (Å²) in [7, 11) is 0. The Kier molecular flexibility index (Phi) is 4.95. The van der Waals surface area contributed by atoms with Crippen LogP contribution >= 0.6 is 31.9 Å². The van der Waals surface area contributed by atoms with Gasteiger partial charge in [0.1, 0.15) is 5.75 Å². The van der Waals surface area contributed by atoms with Crippen LogP contribution < -0.4 is 10.5 Å². The van der Waals surface area contributed by atoms with Crippen molar-refractivity contribution in [1.82, 2.24) is 10.1 Å². The highest BCUT2D eigenvalue weighted by molar-refractivity contribution is 9.11. The molecule has 0 amide bonds. The van der Waals surface area contributed by atoms with Crippen LogP contribution in [0.3, 0.4) is 0 Å². The van der Waals surface area contributed by atoms with Crippen LogP contribution in [0.15, 0.2) is 25.6 Å². The standard InChI is InChI=1S/C12H13Br2N3O2/c1-7-16-11(17-19-7)6-18-12-9(13)4-8(2-3-15)5-10(12)14/h4-5H,2-3,6,15H2,1H3. The number of benzene rings is 1. The van der Waals surface area contributed by atoms with Gasteiger partial charge in [-0.1, -0.05) is 5.16 Å². The molecule has 5 nitrogen and oxygen atoms in total. The van der Waals surface area contributed by atoms with Crippen LogP contribution in [-0.2, 0) is 13.0 Å². The molecule has 7 heteroatoms. The van der Waals surface area contributed by atoms with E-state index in [1.165, 1.54) is 0 Å². The highest BCUT2D eigenvalue weighted by Crippen LogP contribution is 2.35. The lowest BCUT2D eigenvalue weighted by Crippen LogP contribution is -2.04. The second-order valence-electron chi connectivity index (χ2n) is 3.95. The lowest BCUT2D eigenvalue weighted by atomic mass is 10.1. The molecule has 0 saturated carbocycles. The lowest BCUT2D eigenvalue weighted by Gasteiger charge is -2.10. The largest absolute Gasteiger partial charge is 0.483 e. The number of nitrogens with two attached hydrogens (primary N) is 1. The van der Waals surface area contributed by atoms with E-state index >= 15 is 0 Å². The third-order valence-corrected chi connectivity index (χ3v) is 3.58. The zero-order valence-electron chi connectivity index (χ0n) is 10.3. The monoisotopic (exact) mass is 389 g/mol. The Hall–Kier alpha value is -0.920. The third kappa shape index (κ3) is 3.77. The summed E-state index contributed by atoms with van der Waals surface area (Å²) in [5.41, 5.74) is 6.69. The van der Waals surface area contributed by atoms with Gasteiger partial charge in [0, 0.05) is 6.92 Å². The molecule has 0 atom stereocenters. The Balaban J connectivity index is 2.11. The van der Waals surface area contributed by atoms with E-state index in [1.54, 1.807) is 6.92 Å². The minimum Gasteiger partial charge on any atom is -0.483 e. The second-order valence-corrected chi connectivity index (χ2v) is 5.65. The van der Waals surface area contributed by atoms with Crippen molar-refractivity contribution in [3.05, 3.63) is 38.4 Å². The van der Waals surface area contributed by atoms with Crippen molar-refractivity contribution >= 4 is 31.9 Å². The third-order valence-electron chi connectivity index (χ3n) is 2.41. The Bertz CT molecular complexity index is 549. The van der Waals surface area contributed by atoms with Crippen molar-refractivity contribution in [3.63, 3.8) is 0 Å². The topological polar surface area (TPSA) is 74.2 Å². The first-order valence-corrected chi connectivity index (χ1v) is 7.28. The molecule has 0 aliphatic heterocycles. The van der Waals surface area contributed by atoms with Crippen LogP contribution in [0.2, 0.25) is 0 Å². The maximum Gasteiger partial charge on any atom is 0.223 e. The van der Waals surface area contributed by atoms with Crippen LogP contribution in [0.1, 0.15) is 17.3 Å². The van der Waals surface area contributed by atoms with Crippen LogP contribution in [0.4, 0.5) is 0 Å². The number of aromatic nitrogens is 2. The molecule has 2 rings (SSSR count). The zero-order valence-corrected chi connectivity index (χ0v) is 13.5. The molecule has 2 N–H and O–H groups in total. The summed E-state index contributed by atoms with van der Waals surface area (Å²) in [6, 6.07) is 3.99. The van der Waals surface area contributed by atoms with Gasteiger partial charge in [0.2, 0.25) is 11.7 Å². The number of rotatable bonds is 5. The molecule has 1 aromatic heterocycles. The number of nitrogens with zero attached hydrogens (tertiary/aromatic N) is 2. The molecular weight excluding hydrogens is 378 g/mol. The van der Waals surface area contributed by atoms with E-state index in [9.17, 15) is 0 Å². The molecule has 0 aliphatic carbocycles. The van der Waals surface area contributed by atoms with Gasteiger partial charge in [-0.05, 0) is 62.5 Å². The molecule has 0 aliphatic rings. The maximum absolute atomic E-state index is 5.69. The predicted octanol–water partition coefficient (Wildman–Crippen LogP) is 2.98. The van der Waals surface area contributed by atoms with Gasteiger partial charge in [-0.25, -0.2) is 0 Å². The van der Waals surface area contributed by atoms with Crippen LogP contribution in [0.5, 0.6) is 5.75 Å². The van der Waals surface area contributed by atoms with E-state index in [0.717, 1.165) is 20.9 Å². The molecule has 102 valence electrons. The van der Waals surface area contributed by atoms with Crippen molar-refractivity contribution in [3.8, 4) is 5.75 Å². The lowest BCUT2D eigenvalue weighted by molar-refractivity contribution is 0.282. The average Bonchev–Trinajstić information content (AvgIpc) is 2.74. The Morgan fingerprint density at radius 2 is 2.00 bits per heavy atom. The van der Waals surface area contributed by atoms with Crippen LogP contribution in [0.25, 0.3) is 0 Å². The summed E-state index contributed by atoms with van der Waals surface area (Å²) in [5, 5.41) is 3.78. The van der Waals surface area contributed by atoms with Gasteiger partial charge in [0.15, 0.2) is 6.61 Å². The van der Waals surface area contributed by atoms with Crippen molar-refractivity contribution in [2.24, 2.45) is 5.73 Å². The first kappa shape index (κ1) is 14.5. The van der Waals surface area contributed by atoms with Gasteiger partial charge in [-0.15, -0.1) is 0 Å². The number of hydrogen-bond donors (Lipinski definition) is 1. The highest BCUT2D eigenvalue weighted by atomic mass is 79.9. The van der Waals surface area contributed by atoms with Gasteiger partial charge in [-0.2, -0.15) is 4.98 Å². The summed E-state index contributed by atoms with van der Waals surface area (Å²) in [4.78, 5) is 4.08. The molecule has 0 saturated heterocycles. The van der Waals surface area contributed by atoms with E-state index in [-0.39, 0.29) is 6.61 Å². The minimum absolute atomic E-state index is 0.255. The average molecular weight is 391 g/mol. The van der Waals surface area contributed by atoms with E-state index in [2.05, 4.69) is 42.0 Å². The van der Waals surface area contributed by atoms with Gasteiger partial charge in [0.25, 0.3) is 0 Å². The van der Waals surface area contributed by atoms with Gasteiger partial charge < -0.3 is 15.0 Å². The van der Waals surface area contributed by atoms with Crippen molar-refractivity contribution in [2.75, 3.05) is 6.54 Å². The Morgan fingerprint density at radius 1 is 1.32 bits per heavy atom. The molecule has 2 aromatic rings. The summed E-state index contributed by atoms with van der Waals surface area (Å²) in [6.45, 7) is 2.61. The molecule has 1 aromatic carbocycles. The van der Waals surface area contributed by atoms with Crippen molar-refractivity contribution in [1.29, 1.82) is 0 Å². The van der Waals surface area contributed by atoms with E-state index in [4.69, 9.17) is 15.0 Å². The highest BCUT2D eigenvalue weighted by Gasteiger charge is 2.11. The quantitative estimate of drug-likeness (QED) is 0.849. The molecule has 1 heterocycles. The van der Waals surface area contributed by atoms with Crippen molar-refractivity contribution in [2.45, 2.75) is 20.0 Å². The minimum atomic E-state index is 0.255. The summed E-state index contributed by atoms with van der Waals surface area (Å²) in [5.74, 6) is 1.75. The van der Waals surface area contributed by atoms with Gasteiger partial charge >= 0.3 is 0 Å². The molecule has 0 fully saturated rings. The van der Waals surface area contributed by atoms with E-state index in [0.29, 0.717) is 24.0 Å². The Labute approximate surface area is 127 Å². The molecular formula is C12H13Br2N3O2. The van der Waals surface area contributed by atoms with E-state index in [1.807, 2.05) is 12.1 Å². The molecule has 0 unspecified atom stereocenters. The second kappa shape index (κ2) is 6.49. The number of hydrogen-bond acceptors (Lipinski definition) is 5. The first-order valence-electron chi connectivity index (χ1n) is 5.70. The molecule has 0 bridgehead atoms. The van der Waals surface area contributed by atoms with Crippen molar-refractivity contribution < 1.29 is 9.26 Å². The Morgan fingerprint density at radius 3 is 2.53 bits per heavy atom. The SMILES string of the molecule is Cc1nc(COc2c(Br)cc(CCN)cc2Br)no1. The molecule has 19 heavy (non-hydrogen) atoms. The first-order chi connectivity index (χ1) is 9.10. The number of ether oxygens (including phenoxy) is 1. The summed E-state index contributed by atoms with van der Waals surface area (Å²) >= 11 is 6.97. The number of halogens is 2. The fourth-order valence-corrected chi connectivity index (χ4v) is 3.11. The van der Waals surface area contributed by atoms with Gasteiger partial charge in [0.05, 0.1) is 8.95 Å². The summed E-state index contributed by atoms with van der Waals surface area (Å²) < 4.78 is 12.3. The van der Waals surface area contributed by atoms with E-state index < -0.39 is 0 Å². The fraction of sp³-hybridized carbons (Fsp3) is 0.333. The normalized spacial score (nSPS) is 10.7. The molecule has 0 radical (unpaired) electrons. The van der Waals surface area contributed by atoms with Gasteiger partial charge in [-0.3, -0.25) is 0 Å². The number of aryl methyl sites for hydroxylation is 1. The van der Waals surface area contributed by atoms with Crippen LogP contribution in [0, 0.1) is 6.92 Å². The zero-order chi connectivity index (χ0) is 13.8.